The van der Waals surface area contributed by atoms with Crippen molar-refractivity contribution < 1.29 is 28.6 Å². The molecule has 1 aromatic rings. The normalized spacial score (nSPS) is 23.3. The Morgan fingerprint density at radius 3 is 0.815 bits per heavy atom. The molecule has 0 bridgehead atoms. The van der Waals surface area contributed by atoms with E-state index < -0.39 is 35.0 Å². The summed E-state index contributed by atoms with van der Waals surface area (Å²) < 4.78 is 19.8. The number of rotatable bonds is 12. The lowest BCUT2D eigenvalue weighted by Crippen LogP contribution is -2.59. The third kappa shape index (κ3) is 12.1. The minimum Gasteiger partial charge on any atom is -0.462 e. The van der Waals surface area contributed by atoms with Crippen molar-refractivity contribution in [1.82, 2.24) is 29.7 Å². The standard InChI is InChI=1S/C39H66N6O9/c1-34(2)19-25(20-35(3,4)40-34)52-28(46)13-16-43-31(49)44(17-14-29(47)53-26-21-36(5,6)41-37(7,8)22-26)33(51)45(32(43)50)18-15-30(48)54-27-23-38(9,10)42-39(11,12)24-27/h25-27,40-42H,13-24H2,1-12H3. The highest BCUT2D eigenvalue weighted by atomic mass is 16.6. The topological polar surface area (TPSA) is 181 Å². The Kier molecular flexibility index (Phi) is 12.6. The fraction of sp³-hybridized carbons (Fsp3) is 0.846. The van der Waals surface area contributed by atoms with Gasteiger partial charge in [0.2, 0.25) is 0 Å². The second-order valence-electron chi connectivity index (χ2n) is 19.8. The lowest BCUT2D eigenvalue weighted by molar-refractivity contribution is -0.154. The van der Waals surface area contributed by atoms with Gasteiger partial charge in [0.15, 0.2) is 0 Å². The van der Waals surface area contributed by atoms with Crippen LogP contribution >= 0.6 is 0 Å². The first-order valence-corrected chi connectivity index (χ1v) is 19.5. The van der Waals surface area contributed by atoms with Gasteiger partial charge in [-0.05, 0) is 83.1 Å². The highest BCUT2D eigenvalue weighted by molar-refractivity contribution is 5.70. The Balaban J connectivity index is 1.53. The lowest BCUT2D eigenvalue weighted by atomic mass is 9.81. The van der Waals surface area contributed by atoms with Crippen LogP contribution in [0.2, 0.25) is 0 Å². The van der Waals surface area contributed by atoms with Crippen LogP contribution in [0.5, 0.6) is 0 Å². The first-order chi connectivity index (χ1) is 24.6. The van der Waals surface area contributed by atoms with Gasteiger partial charge in [0, 0.05) is 91.4 Å². The Morgan fingerprint density at radius 2 is 0.630 bits per heavy atom. The highest BCUT2D eigenvalue weighted by Crippen LogP contribution is 2.32. The summed E-state index contributed by atoms with van der Waals surface area (Å²) in [6.45, 7) is 23.3. The van der Waals surface area contributed by atoms with Crippen molar-refractivity contribution in [2.24, 2.45) is 0 Å². The minimum absolute atomic E-state index is 0.268. The van der Waals surface area contributed by atoms with Crippen LogP contribution < -0.4 is 33.0 Å². The Labute approximate surface area is 319 Å². The van der Waals surface area contributed by atoms with Crippen molar-refractivity contribution in [1.29, 1.82) is 0 Å². The average Bonchev–Trinajstić information content (AvgIpc) is 2.91. The summed E-state index contributed by atoms with van der Waals surface area (Å²) in [7, 11) is 0. The van der Waals surface area contributed by atoms with E-state index in [0.717, 1.165) is 13.7 Å². The smallest absolute Gasteiger partial charge is 0.336 e. The first kappa shape index (κ1) is 43.4. The number of nitrogens with zero attached hydrogens (tertiary/aromatic N) is 3. The van der Waals surface area contributed by atoms with E-state index in [1.54, 1.807) is 0 Å². The summed E-state index contributed by atoms with van der Waals surface area (Å²) in [5, 5.41) is 10.6. The summed E-state index contributed by atoms with van der Waals surface area (Å²) in [6, 6.07) is 0. The molecule has 0 unspecified atom stereocenters. The molecule has 3 saturated heterocycles. The summed E-state index contributed by atoms with van der Waals surface area (Å²) >= 11 is 0. The molecule has 306 valence electrons. The van der Waals surface area contributed by atoms with E-state index in [1.807, 2.05) is 83.1 Å². The molecule has 0 spiro atoms. The third-order valence-electron chi connectivity index (χ3n) is 10.4. The van der Waals surface area contributed by atoms with Crippen LogP contribution in [0.1, 0.15) is 141 Å². The van der Waals surface area contributed by atoms with E-state index in [0.29, 0.717) is 38.5 Å². The fourth-order valence-corrected chi connectivity index (χ4v) is 9.54. The SMILES string of the molecule is CC1(C)CC(OC(=O)CCn2c(=O)n(CCC(=O)OC3CC(C)(C)NC(C)(C)C3)c(=O)n(CCC(=O)OC3CC(C)(C)NC(C)(C)C3)c2=O)CC(C)(C)N1. The molecule has 54 heavy (non-hydrogen) atoms. The molecular weight excluding hydrogens is 696 g/mol. The Bertz CT molecular complexity index is 1470. The van der Waals surface area contributed by atoms with Gasteiger partial charge < -0.3 is 30.2 Å². The molecule has 15 nitrogen and oxygen atoms in total. The zero-order valence-corrected chi connectivity index (χ0v) is 34.7. The van der Waals surface area contributed by atoms with Crippen molar-refractivity contribution in [3.63, 3.8) is 0 Å². The van der Waals surface area contributed by atoms with Crippen LogP contribution in [0.4, 0.5) is 0 Å². The molecule has 0 atom stereocenters. The molecule has 3 aliphatic rings. The number of piperidine rings is 3. The number of hydrogen-bond donors (Lipinski definition) is 3. The predicted octanol–water partition coefficient (Wildman–Crippen LogP) is 2.90. The van der Waals surface area contributed by atoms with Crippen LogP contribution in [0.3, 0.4) is 0 Å². The zero-order valence-electron chi connectivity index (χ0n) is 34.7. The van der Waals surface area contributed by atoms with E-state index in [2.05, 4.69) is 16.0 Å². The van der Waals surface area contributed by atoms with Gasteiger partial charge in [-0.15, -0.1) is 0 Å². The molecule has 0 amide bonds. The number of nitrogens with one attached hydrogen (secondary N) is 3. The quantitative estimate of drug-likeness (QED) is 0.210. The molecule has 4 rings (SSSR count). The minimum atomic E-state index is -0.961. The summed E-state index contributed by atoms with van der Waals surface area (Å²) in [4.78, 5) is 80.4. The number of carbonyl (C=O) groups is 3. The maximum atomic E-state index is 13.7. The molecule has 3 N–H and O–H groups in total. The average molecular weight is 763 g/mol. The van der Waals surface area contributed by atoms with Crippen molar-refractivity contribution in [3.05, 3.63) is 31.5 Å². The van der Waals surface area contributed by atoms with Crippen LogP contribution in [-0.2, 0) is 48.2 Å². The Hall–Kier alpha value is -3.30. The molecular formula is C39H66N6O9. The second kappa shape index (κ2) is 15.7. The van der Waals surface area contributed by atoms with Crippen molar-refractivity contribution >= 4 is 17.9 Å². The zero-order chi connectivity index (χ0) is 40.7. The Morgan fingerprint density at radius 1 is 0.444 bits per heavy atom. The van der Waals surface area contributed by atoms with Gasteiger partial charge in [0.1, 0.15) is 18.3 Å². The van der Waals surface area contributed by atoms with Gasteiger partial charge in [-0.1, -0.05) is 0 Å². The molecule has 3 aliphatic heterocycles. The third-order valence-corrected chi connectivity index (χ3v) is 10.4. The maximum Gasteiger partial charge on any atom is 0.336 e. The van der Waals surface area contributed by atoms with Gasteiger partial charge in [-0.2, -0.15) is 0 Å². The van der Waals surface area contributed by atoms with E-state index in [-0.39, 0.29) is 90.4 Å². The van der Waals surface area contributed by atoms with Crippen molar-refractivity contribution in [2.75, 3.05) is 0 Å². The molecule has 1 aromatic heterocycles. The monoisotopic (exact) mass is 762 g/mol. The number of aromatic nitrogens is 3. The number of hydrogen-bond acceptors (Lipinski definition) is 12. The second-order valence-corrected chi connectivity index (χ2v) is 19.8. The molecule has 0 radical (unpaired) electrons. The molecule has 3 fully saturated rings. The summed E-state index contributed by atoms with van der Waals surface area (Å²) in [6.07, 6.45) is 1.53. The van der Waals surface area contributed by atoms with E-state index in [9.17, 15) is 28.8 Å². The van der Waals surface area contributed by atoms with E-state index in [4.69, 9.17) is 14.2 Å². The van der Waals surface area contributed by atoms with Gasteiger partial charge in [0.25, 0.3) is 0 Å². The molecule has 4 heterocycles. The largest absolute Gasteiger partial charge is 0.462 e. The fourth-order valence-electron chi connectivity index (χ4n) is 9.54. The van der Waals surface area contributed by atoms with Crippen LogP contribution in [0.15, 0.2) is 14.4 Å². The van der Waals surface area contributed by atoms with Crippen LogP contribution in [0.25, 0.3) is 0 Å². The van der Waals surface area contributed by atoms with Gasteiger partial charge >= 0.3 is 35.0 Å². The molecule has 0 aliphatic carbocycles. The number of esters is 3. The molecule has 0 aromatic carbocycles. The van der Waals surface area contributed by atoms with Gasteiger partial charge in [-0.25, -0.2) is 28.1 Å². The maximum absolute atomic E-state index is 13.7. The summed E-state index contributed by atoms with van der Waals surface area (Å²) in [5.74, 6) is -1.76. The van der Waals surface area contributed by atoms with Crippen LogP contribution in [0, 0.1) is 0 Å². The highest BCUT2D eigenvalue weighted by Gasteiger charge is 2.41. The van der Waals surface area contributed by atoms with Crippen molar-refractivity contribution in [3.8, 4) is 0 Å². The van der Waals surface area contributed by atoms with Gasteiger partial charge in [-0.3, -0.25) is 14.4 Å². The van der Waals surface area contributed by atoms with Gasteiger partial charge in [0.05, 0.1) is 19.3 Å². The molecule has 0 saturated carbocycles. The van der Waals surface area contributed by atoms with E-state index >= 15 is 0 Å². The van der Waals surface area contributed by atoms with Crippen molar-refractivity contribution in [2.45, 2.75) is 212 Å². The number of ether oxygens (including phenoxy) is 3. The van der Waals surface area contributed by atoms with Crippen LogP contribution in [-0.4, -0.2) is 83.2 Å². The summed E-state index contributed by atoms with van der Waals surface area (Å²) in [5.41, 5.74) is -4.49. The lowest BCUT2D eigenvalue weighted by Gasteiger charge is -2.45. The number of carbonyl (C=O) groups excluding carboxylic acids is 3. The molecule has 15 heteroatoms. The predicted molar refractivity (Wildman–Crippen MR) is 204 cm³/mol. The van der Waals surface area contributed by atoms with E-state index in [1.165, 1.54) is 0 Å². The first-order valence-electron chi connectivity index (χ1n) is 19.5.